The van der Waals surface area contributed by atoms with E-state index >= 15 is 0 Å². The van der Waals surface area contributed by atoms with Crippen LogP contribution in [0, 0.1) is 11.3 Å². The summed E-state index contributed by atoms with van der Waals surface area (Å²) in [6.45, 7) is 0. The standard InChI is InChI=1S/C11H13NSe/c12-9-5-2-6-10-13-11-7-3-1-4-8-11/h1,3-4,7-8H,2,5-6,10H2. The zero-order valence-corrected chi connectivity index (χ0v) is 9.28. The molecule has 1 nitrogen and oxygen atoms in total. The molecule has 0 saturated heterocycles. The third kappa shape index (κ3) is 4.72. The van der Waals surface area contributed by atoms with Gasteiger partial charge in [0.25, 0.3) is 0 Å². The Morgan fingerprint density at radius 1 is 1.15 bits per heavy atom. The van der Waals surface area contributed by atoms with Gasteiger partial charge in [0.2, 0.25) is 0 Å². The Hall–Kier alpha value is -0.771. The van der Waals surface area contributed by atoms with Gasteiger partial charge >= 0.3 is 85.7 Å². The van der Waals surface area contributed by atoms with Gasteiger partial charge in [-0.05, 0) is 0 Å². The van der Waals surface area contributed by atoms with Crippen LogP contribution in [0.2, 0.25) is 5.32 Å². The molecule has 0 aromatic heterocycles. The molecule has 68 valence electrons. The quantitative estimate of drug-likeness (QED) is 0.569. The van der Waals surface area contributed by atoms with Gasteiger partial charge in [-0.25, -0.2) is 0 Å². The van der Waals surface area contributed by atoms with E-state index in [-0.39, 0.29) is 0 Å². The van der Waals surface area contributed by atoms with Crippen LogP contribution >= 0.6 is 0 Å². The summed E-state index contributed by atoms with van der Waals surface area (Å²) in [5.41, 5.74) is 0. The molecule has 2 heteroatoms. The van der Waals surface area contributed by atoms with Crippen LogP contribution in [0.5, 0.6) is 0 Å². The molecule has 0 N–H and O–H groups in total. The van der Waals surface area contributed by atoms with Gasteiger partial charge in [-0.2, -0.15) is 0 Å². The van der Waals surface area contributed by atoms with Crippen molar-refractivity contribution >= 4 is 19.4 Å². The molecular weight excluding hydrogens is 225 g/mol. The second-order valence-corrected chi connectivity index (χ2v) is 5.23. The van der Waals surface area contributed by atoms with Crippen molar-refractivity contribution in [3.05, 3.63) is 30.3 Å². The van der Waals surface area contributed by atoms with E-state index < -0.39 is 0 Å². The summed E-state index contributed by atoms with van der Waals surface area (Å²) in [6.07, 6.45) is 2.97. The maximum absolute atomic E-state index is 8.34. The van der Waals surface area contributed by atoms with Gasteiger partial charge < -0.3 is 0 Å². The molecule has 13 heavy (non-hydrogen) atoms. The Balaban J connectivity index is 2.11. The molecule has 0 radical (unpaired) electrons. The average molecular weight is 238 g/mol. The van der Waals surface area contributed by atoms with E-state index in [0.29, 0.717) is 21.4 Å². The Bertz CT molecular complexity index is 263. The van der Waals surface area contributed by atoms with Crippen LogP contribution in [-0.4, -0.2) is 15.0 Å². The van der Waals surface area contributed by atoms with Crippen molar-refractivity contribution in [1.29, 1.82) is 5.26 Å². The number of nitrogens with zero attached hydrogens (tertiary/aromatic N) is 1. The van der Waals surface area contributed by atoms with Crippen molar-refractivity contribution in [1.82, 2.24) is 0 Å². The molecule has 0 saturated carbocycles. The summed E-state index contributed by atoms with van der Waals surface area (Å²) in [4.78, 5) is 0. The van der Waals surface area contributed by atoms with E-state index in [0.717, 1.165) is 6.42 Å². The molecule has 0 atom stereocenters. The minimum atomic E-state index is 0.608. The van der Waals surface area contributed by atoms with Crippen LogP contribution in [0.15, 0.2) is 30.3 Å². The molecule has 0 aliphatic rings. The molecule has 0 unspecified atom stereocenters. The number of nitriles is 1. The summed E-state index contributed by atoms with van der Waals surface area (Å²) in [6, 6.07) is 12.8. The van der Waals surface area contributed by atoms with Crippen molar-refractivity contribution in [3.63, 3.8) is 0 Å². The molecule has 0 fully saturated rings. The van der Waals surface area contributed by atoms with Gasteiger partial charge in [0, 0.05) is 0 Å². The van der Waals surface area contributed by atoms with Gasteiger partial charge in [-0.15, -0.1) is 0 Å². The number of hydrogen-bond acceptors (Lipinski definition) is 1. The van der Waals surface area contributed by atoms with Crippen molar-refractivity contribution in [2.45, 2.75) is 24.6 Å². The molecule has 0 aliphatic heterocycles. The topological polar surface area (TPSA) is 23.8 Å². The normalized spacial score (nSPS) is 9.46. The summed E-state index contributed by atoms with van der Waals surface area (Å²) in [7, 11) is 0. The van der Waals surface area contributed by atoms with Crippen molar-refractivity contribution in [2.24, 2.45) is 0 Å². The number of rotatable bonds is 5. The third-order valence-electron chi connectivity index (χ3n) is 1.69. The first-order valence-electron chi connectivity index (χ1n) is 4.48. The summed E-state index contributed by atoms with van der Waals surface area (Å²) in [5, 5.41) is 9.60. The Morgan fingerprint density at radius 2 is 1.92 bits per heavy atom. The first kappa shape index (κ1) is 10.3. The zero-order chi connectivity index (χ0) is 9.36. The predicted molar refractivity (Wildman–Crippen MR) is 56.1 cm³/mol. The second-order valence-electron chi connectivity index (χ2n) is 2.78. The molecule has 0 aliphatic carbocycles. The van der Waals surface area contributed by atoms with Gasteiger partial charge in [0.1, 0.15) is 0 Å². The van der Waals surface area contributed by atoms with E-state index in [4.69, 9.17) is 5.26 Å². The van der Waals surface area contributed by atoms with E-state index in [2.05, 4.69) is 36.4 Å². The molecular formula is C11H13NSe. The fourth-order valence-corrected chi connectivity index (χ4v) is 2.97. The van der Waals surface area contributed by atoms with Crippen LogP contribution in [-0.2, 0) is 0 Å². The third-order valence-corrected chi connectivity index (χ3v) is 4.00. The van der Waals surface area contributed by atoms with E-state index in [1.54, 1.807) is 0 Å². The Morgan fingerprint density at radius 3 is 2.62 bits per heavy atom. The molecule has 0 bridgehead atoms. The van der Waals surface area contributed by atoms with Crippen LogP contribution in [0.4, 0.5) is 0 Å². The Kier molecular flexibility index (Phi) is 5.33. The number of hydrogen-bond donors (Lipinski definition) is 0. The number of benzene rings is 1. The van der Waals surface area contributed by atoms with Crippen LogP contribution < -0.4 is 4.46 Å². The fraction of sp³-hybridized carbons (Fsp3) is 0.364. The molecule has 0 spiro atoms. The predicted octanol–water partition coefficient (Wildman–Crippen LogP) is 2.13. The Labute approximate surface area is 85.9 Å². The monoisotopic (exact) mass is 239 g/mol. The molecule has 1 aromatic carbocycles. The zero-order valence-electron chi connectivity index (χ0n) is 7.57. The first-order chi connectivity index (χ1) is 6.43. The van der Waals surface area contributed by atoms with Crippen LogP contribution in [0.1, 0.15) is 19.3 Å². The average Bonchev–Trinajstić information content (AvgIpc) is 2.19. The first-order valence-corrected chi connectivity index (χ1v) is 6.55. The van der Waals surface area contributed by atoms with Crippen molar-refractivity contribution in [2.75, 3.05) is 0 Å². The SMILES string of the molecule is N#CCCCC[Se]c1ccccc1. The maximum atomic E-state index is 8.34. The van der Waals surface area contributed by atoms with Gasteiger partial charge in [0.05, 0.1) is 0 Å². The van der Waals surface area contributed by atoms with Crippen molar-refractivity contribution < 1.29 is 0 Å². The molecule has 0 amide bonds. The van der Waals surface area contributed by atoms with Gasteiger partial charge in [-0.1, -0.05) is 0 Å². The van der Waals surface area contributed by atoms with E-state index in [1.165, 1.54) is 16.2 Å². The summed E-state index contributed by atoms with van der Waals surface area (Å²) >= 11 is 0.608. The van der Waals surface area contributed by atoms with E-state index in [9.17, 15) is 0 Å². The summed E-state index contributed by atoms with van der Waals surface area (Å²) < 4.78 is 1.46. The van der Waals surface area contributed by atoms with Crippen LogP contribution in [0.25, 0.3) is 0 Å². The summed E-state index contributed by atoms with van der Waals surface area (Å²) in [5.74, 6) is 0. The van der Waals surface area contributed by atoms with Crippen molar-refractivity contribution in [3.8, 4) is 6.07 Å². The minimum absolute atomic E-state index is 0.608. The van der Waals surface area contributed by atoms with E-state index in [1.807, 2.05) is 0 Å². The number of unbranched alkanes of at least 4 members (excludes halogenated alkanes) is 2. The van der Waals surface area contributed by atoms with Gasteiger partial charge in [0.15, 0.2) is 0 Å². The molecule has 1 aromatic rings. The molecule has 0 heterocycles. The van der Waals surface area contributed by atoms with Crippen LogP contribution in [0.3, 0.4) is 0 Å². The second kappa shape index (κ2) is 6.71. The van der Waals surface area contributed by atoms with Gasteiger partial charge in [-0.3, -0.25) is 0 Å². The molecule has 1 rings (SSSR count). The fourth-order valence-electron chi connectivity index (χ4n) is 1.01.